The number of benzene rings is 2. The van der Waals surface area contributed by atoms with Gasteiger partial charge in [0.25, 0.3) is 0 Å². The monoisotopic (exact) mass is 349 g/mol. The first kappa shape index (κ1) is 12.7. The van der Waals surface area contributed by atoms with Gasteiger partial charge in [-0.3, -0.25) is 0 Å². The van der Waals surface area contributed by atoms with Crippen LogP contribution in [0.25, 0.3) is 0 Å². The first-order valence-electron chi connectivity index (χ1n) is 5.47. The van der Waals surface area contributed by atoms with E-state index in [9.17, 15) is 0 Å². The topological polar surface area (TPSA) is 61.8 Å². The second-order valence-electron chi connectivity index (χ2n) is 3.89. The average molecular weight is 349 g/mol. The van der Waals surface area contributed by atoms with E-state index in [1.165, 1.54) is 0 Å². The molecule has 0 atom stereocenters. The number of hydrogen-bond acceptors (Lipinski definition) is 3. The molecule has 2 rings (SSSR count). The third-order valence-corrected chi connectivity index (χ3v) is 3.20. The highest BCUT2D eigenvalue weighted by atomic mass is 127. The molecule has 3 nitrogen and oxygen atoms in total. The van der Waals surface area contributed by atoms with Gasteiger partial charge < -0.3 is 11.1 Å². The van der Waals surface area contributed by atoms with Crippen molar-refractivity contribution in [3.8, 4) is 6.07 Å². The van der Waals surface area contributed by atoms with Crippen LogP contribution in [0.5, 0.6) is 0 Å². The van der Waals surface area contributed by atoms with E-state index in [0.29, 0.717) is 6.42 Å². The number of anilines is 3. The molecule has 0 aliphatic carbocycles. The van der Waals surface area contributed by atoms with E-state index in [0.717, 1.165) is 26.2 Å². The summed E-state index contributed by atoms with van der Waals surface area (Å²) in [4.78, 5) is 0. The molecule has 0 spiro atoms. The summed E-state index contributed by atoms with van der Waals surface area (Å²) in [5.74, 6) is 0. The van der Waals surface area contributed by atoms with E-state index in [2.05, 4.69) is 34.0 Å². The number of nitriles is 1. The highest BCUT2D eigenvalue weighted by Crippen LogP contribution is 2.25. The predicted molar refractivity (Wildman–Crippen MR) is 82.6 cm³/mol. The largest absolute Gasteiger partial charge is 0.397 e. The van der Waals surface area contributed by atoms with Gasteiger partial charge in [-0.25, -0.2) is 0 Å². The average Bonchev–Trinajstić information content (AvgIpc) is 2.35. The number of nitrogens with one attached hydrogen (secondary N) is 1. The minimum Gasteiger partial charge on any atom is -0.397 e. The van der Waals surface area contributed by atoms with Crippen molar-refractivity contribution < 1.29 is 0 Å². The third kappa shape index (κ3) is 3.14. The van der Waals surface area contributed by atoms with Crippen LogP contribution in [0.3, 0.4) is 0 Å². The van der Waals surface area contributed by atoms with Crippen LogP contribution in [0.1, 0.15) is 5.56 Å². The fraction of sp³-hybridized carbons (Fsp3) is 0.0714. The van der Waals surface area contributed by atoms with Crippen molar-refractivity contribution in [2.24, 2.45) is 0 Å². The zero-order valence-electron chi connectivity index (χ0n) is 9.65. The van der Waals surface area contributed by atoms with Crippen LogP contribution in [0.2, 0.25) is 0 Å². The van der Waals surface area contributed by atoms with Crippen LogP contribution >= 0.6 is 22.6 Å². The molecule has 0 saturated carbocycles. The summed E-state index contributed by atoms with van der Waals surface area (Å²) in [6.45, 7) is 0. The van der Waals surface area contributed by atoms with Crippen LogP contribution in [0.15, 0.2) is 42.5 Å². The Morgan fingerprint density at radius 2 is 1.89 bits per heavy atom. The summed E-state index contributed by atoms with van der Waals surface area (Å²) >= 11 is 2.23. The predicted octanol–water partition coefficient (Wildman–Crippen LogP) is 3.68. The Balaban J connectivity index is 2.16. The van der Waals surface area contributed by atoms with Crippen LogP contribution in [0.4, 0.5) is 17.1 Å². The molecule has 0 amide bonds. The van der Waals surface area contributed by atoms with Gasteiger partial charge >= 0.3 is 0 Å². The van der Waals surface area contributed by atoms with Gasteiger partial charge in [0.15, 0.2) is 0 Å². The minimum absolute atomic E-state index is 0.436. The molecular formula is C14H12IN3. The van der Waals surface area contributed by atoms with E-state index in [1.807, 2.05) is 42.5 Å². The van der Waals surface area contributed by atoms with Gasteiger partial charge in [0.2, 0.25) is 0 Å². The van der Waals surface area contributed by atoms with E-state index in [-0.39, 0.29) is 0 Å². The van der Waals surface area contributed by atoms with Gasteiger partial charge in [0.05, 0.1) is 23.9 Å². The molecule has 0 radical (unpaired) electrons. The minimum atomic E-state index is 0.436. The normalized spacial score (nSPS) is 9.78. The maximum atomic E-state index is 8.60. The van der Waals surface area contributed by atoms with Crippen molar-refractivity contribution in [1.82, 2.24) is 0 Å². The summed E-state index contributed by atoms with van der Waals surface area (Å²) < 4.78 is 1.11. The molecule has 0 heterocycles. The zero-order valence-corrected chi connectivity index (χ0v) is 11.8. The molecule has 0 bridgehead atoms. The van der Waals surface area contributed by atoms with Crippen molar-refractivity contribution >= 4 is 39.7 Å². The molecule has 18 heavy (non-hydrogen) atoms. The Morgan fingerprint density at radius 1 is 1.17 bits per heavy atom. The quantitative estimate of drug-likeness (QED) is 0.656. The van der Waals surface area contributed by atoms with Crippen LogP contribution < -0.4 is 11.1 Å². The third-order valence-electron chi connectivity index (χ3n) is 2.53. The number of rotatable bonds is 3. The van der Waals surface area contributed by atoms with Gasteiger partial charge in [-0.05, 0) is 58.5 Å². The highest BCUT2D eigenvalue weighted by molar-refractivity contribution is 14.1. The van der Waals surface area contributed by atoms with Crippen molar-refractivity contribution in [3.05, 3.63) is 51.6 Å². The maximum Gasteiger partial charge on any atom is 0.0669 e. The van der Waals surface area contributed by atoms with Crippen molar-refractivity contribution in [2.45, 2.75) is 6.42 Å². The number of nitrogen functional groups attached to an aromatic ring is 1. The lowest BCUT2D eigenvalue weighted by molar-refractivity contribution is 1.26. The molecule has 0 unspecified atom stereocenters. The molecule has 4 heteroatoms. The van der Waals surface area contributed by atoms with Gasteiger partial charge in [0.1, 0.15) is 0 Å². The summed E-state index contributed by atoms with van der Waals surface area (Å²) in [6.07, 6.45) is 0.436. The molecule has 0 aliphatic rings. The first-order valence-corrected chi connectivity index (χ1v) is 6.55. The molecule has 2 aromatic rings. The van der Waals surface area contributed by atoms with Crippen molar-refractivity contribution in [3.63, 3.8) is 0 Å². The van der Waals surface area contributed by atoms with Gasteiger partial charge in [-0.15, -0.1) is 0 Å². The van der Waals surface area contributed by atoms with Gasteiger partial charge in [-0.2, -0.15) is 5.26 Å². The highest BCUT2D eigenvalue weighted by Gasteiger charge is 2.00. The second-order valence-corrected chi connectivity index (χ2v) is 5.13. The van der Waals surface area contributed by atoms with Crippen LogP contribution in [-0.2, 0) is 6.42 Å². The number of nitrogens with two attached hydrogens (primary N) is 1. The van der Waals surface area contributed by atoms with Crippen LogP contribution in [0, 0.1) is 14.9 Å². The van der Waals surface area contributed by atoms with E-state index in [1.54, 1.807) is 0 Å². The molecule has 90 valence electrons. The Kier molecular flexibility index (Phi) is 4.05. The van der Waals surface area contributed by atoms with E-state index >= 15 is 0 Å². The Labute approximate surface area is 120 Å². The summed E-state index contributed by atoms with van der Waals surface area (Å²) in [5, 5.41) is 11.9. The Morgan fingerprint density at radius 3 is 2.50 bits per heavy atom. The molecule has 0 saturated heterocycles. The lowest BCUT2D eigenvalue weighted by Crippen LogP contribution is -1.96. The van der Waals surface area contributed by atoms with E-state index < -0.39 is 0 Å². The molecule has 0 aromatic heterocycles. The lowest BCUT2D eigenvalue weighted by atomic mass is 10.1. The zero-order chi connectivity index (χ0) is 13.0. The van der Waals surface area contributed by atoms with E-state index in [4.69, 9.17) is 11.0 Å². The Bertz CT molecular complexity index is 585. The Hall–Kier alpha value is -1.74. The van der Waals surface area contributed by atoms with Crippen molar-refractivity contribution in [2.75, 3.05) is 11.1 Å². The van der Waals surface area contributed by atoms with Crippen molar-refractivity contribution in [1.29, 1.82) is 5.26 Å². The van der Waals surface area contributed by atoms with Gasteiger partial charge in [0, 0.05) is 9.26 Å². The number of nitrogens with zero attached hydrogens (tertiary/aromatic N) is 1. The maximum absolute atomic E-state index is 8.60. The number of halogens is 1. The lowest BCUT2D eigenvalue weighted by Gasteiger charge is -2.10. The number of hydrogen-bond donors (Lipinski definition) is 2. The summed E-state index contributed by atoms with van der Waals surface area (Å²) in [7, 11) is 0. The first-order chi connectivity index (χ1) is 8.69. The molecular weight excluding hydrogens is 337 g/mol. The van der Waals surface area contributed by atoms with Crippen LogP contribution in [-0.4, -0.2) is 0 Å². The summed E-state index contributed by atoms with van der Waals surface area (Å²) in [5.41, 5.74) is 9.53. The summed E-state index contributed by atoms with van der Waals surface area (Å²) in [6, 6.07) is 15.8. The standard InChI is InChI=1S/C14H12IN3/c15-11-3-6-14(13(17)9-11)18-12-4-1-10(2-5-12)7-8-16/h1-6,9,18H,7,17H2. The fourth-order valence-corrected chi connectivity index (χ4v) is 2.12. The molecule has 3 N–H and O–H groups in total. The SMILES string of the molecule is N#CCc1ccc(Nc2ccc(I)cc2N)cc1. The molecule has 0 fully saturated rings. The fourth-order valence-electron chi connectivity index (χ4n) is 1.60. The molecule has 2 aromatic carbocycles. The second kappa shape index (κ2) is 5.74. The van der Waals surface area contributed by atoms with Gasteiger partial charge in [-0.1, -0.05) is 12.1 Å². The molecule has 0 aliphatic heterocycles. The smallest absolute Gasteiger partial charge is 0.0669 e.